The highest BCUT2D eigenvalue weighted by molar-refractivity contribution is 7.92. The molecule has 7 rings (SSSR count). The number of benzene rings is 2. The highest BCUT2D eigenvalue weighted by Gasteiger charge is 2.60. The highest BCUT2D eigenvalue weighted by Crippen LogP contribution is 2.57. The first-order valence-corrected chi connectivity index (χ1v) is 18.9. The van der Waals surface area contributed by atoms with Gasteiger partial charge in [-0.25, -0.2) is 22.2 Å². The van der Waals surface area contributed by atoms with Gasteiger partial charge in [-0.3, -0.25) is 18.9 Å². The molecule has 55 heavy (non-hydrogen) atoms. The number of aliphatic hydroxyl groups is 1. The predicted octanol–water partition coefficient (Wildman–Crippen LogP) is 4.76. The maximum Gasteiger partial charge on any atom is 0.304 e. The van der Waals surface area contributed by atoms with Crippen LogP contribution in [0.1, 0.15) is 54.0 Å². The van der Waals surface area contributed by atoms with Gasteiger partial charge in [0.25, 0.3) is 0 Å². The summed E-state index contributed by atoms with van der Waals surface area (Å²) in [6.45, 7) is 2.21. The number of nitrogens with zero attached hydrogens (tertiary/aromatic N) is 5. The quantitative estimate of drug-likeness (QED) is 0.122. The first-order valence-electron chi connectivity index (χ1n) is 16.6. The number of aryl methyl sites for hydroxylation is 1. The zero-order chi connectivity index (χ0) is 39.8. The van der Waals surface area contributed by atoms with Crippen LogP contribution in [0.5, 0.6) is 0 Å². The standard InChI is InChI=1S/C37H31ClF4N8O4S/c1-36(2,52)12-11-21-5-6-22(23-8-10-26(38)30-32(23)49(3)47-35(30)48-55(4,53)54)31(44-21)27(15-18-13-19(39)16-20(40)14-18)45-28(51)17-50-33-29(34(43)46-50)24-7-9-25(24)37(33,41)42/h5-6,8,10,13-14,16,24-25,27,52H,15,17H2,1-4H3,(H2,43,46)(H,45,51)(H,47,48)/t24-,25+,27-/m0/s1. The van der Waals surface area contributed by atoms with Gasteiger partial charge in [-0.15, -0.1) is 0 Å². The average Bonchev–Trinajstić information content (AvgIpc) is 3.58. The third kappa shape index (κ3) is 7.18. The van der Waals surface area contributed by atoms with Crippen LogP contribution in [0.2, 0.25) is 5.02 Å². The lowest BCUT2D eigenvalue weighted by atomic mass is 9.85. The first-order chi connectivity index (χ1) is 25.7. The third-order valence-corrected chi connectivity index (χ3v) is 9.89. The number of carbonyl (C=O) groups excluding carboxylic acids is 1. The number of anilines is 2. The lowest BCUT2D eigenvalue weighted by Gasteiger charge is -2.24. The van der Waals surface area contributed by atoms with Gasteiger partial charge in [0.1, 0.15) is 41.1 Å². The number of pyridine rings is 1. The van der Waals surface area contributed by atoms with Crippen molar-refractivity contribution < 1.29 is 35.9 Å². The summed E-state index contributed by atoms with van der Waals surface area (Å²) in [5.74, 6) is 2.25. The van der Waals surface area contributed by atoms with E-state index in [1.165, 1.54) is 24.6 Å². The zero-order valence-electron chi connectivity index (χ0n) is 29.5. The second-order valence-corrected chi connectivity index (χ2v) is 16.0. The molecule has 18 heteroatoms. The molecule has 12 nitrogen and oxygen atoms in total. The number of hydrogen-bond acceptors (Lipinski definition) is 8. The molecule has 2 aromatic carbocycles. The van der Waals surface area contributed by atoms with Gasteiger partial charge in [0.15, 0.2) is 11.6 Å². The van der Waals surface area contributed by atoms with Crippen molar-refractivity contribution in [3.8, 4) is 34.8 Å². The average molecular weight is 795 g/mol. The third-order valence-electron chi connectivity index (χ3n) is 9.01. The van der Waals surface area contributed by atoms with Crippen molar-refractivity contribution in [2.45, 2.75) is 50.3 Å². The summed E-state index contributed by atoms with van der Waals surface area (Å²) in [6.07, 6.45) is 0.688. The molecule has 3 atom stereocenters. The number of nitrogens with two attached hydrogens (primary N) is 1. The van der Waals surface area contributed by atoms with Crippen LogP contribution in [0.4, 0.5) is 29.2 Å². The van der Waals surface area contributed by atoms with E-state index < -0.39 is 69.2 Å². The van der Waals surface area contributed by atoms with Crippen molar-refractivity contribution in [2.24, 2.45) is 13.0 Å². The summed E-state index contributed by atoms with van der Waals surface area (Å²) in [7, 11) is -2.24. The molecule has 0 unspecified atom stereocenters. The topological polar surface area (TPSA) is 170 Å². The molecule has 2 aliphatic carbocycles. The predicted molar refractivity (Wildman–Crippen MR) is 196 cm³/mol. The molecule has 0 fully saturated rings. The number of halogens is 5. The van der Waals surface area contributed by atoms with Crippen molar-refractivity contribution in [1.29, 1.82) is 0 Å². The lowest BCUT2D eigenvalue weighted by molar-refractivity contribution is -0.123. The van der Waals surface area contributed by atoms with Gasteiger partial charge in [-0.1, -0.05) is 35.4 Å². The molecule has 5 aromatic rings. The van der Waals surface area contributed by atoms with Crippen LogP contribution in [-0.2, 0) is 40.8 Å². The number of fused-ring (bicyclic) bond motifs is 4. The maximum absolute atomic E-state index is 15.5. The van der Waals surface area contributed by atoms with E-state index in [9.17, 15) is 27.1 Å². The Bertz CT molecular complexity index is 2670. The van der Waals surface area contributed by atoms with E-state index in [0.717, 1.165) is 23.1 Å². The molecule has 2 aliphatic rings. The molecule has 0 spiro atoms. The summed E-state index contributed by atoms with van der Waals surface area (Å²) in [5.41, 5.74) is 5.57. The molecule has 0 radical (unpaired) electrons. The Kier molecular flexibility index (Phi) is 9.11. The molecule has 0 aliphatic heterocycles. The number of rotatable bonds is 9. The van der Waals surface area contributed by atoms with Crippen LogP contribution in [0.3, 0.4) is 0 Å². The fourth-order valence-electron chi connectivity index (χ4n) is 6.86. The van der Waals surface area contributed by atoms with Crippen LogP contribution in [-0.4, -0.2) is 55.8 Å². The number of alkyl halides is 2. The fourth-order valence-corrected chi connectivity index (χ4v) is 7.59. The smallest absolute Gasteiger partial charge is 0.304 e. The molecular formula is C37H31ClF4N8O4S. The van der Waals surface area contributed by atoms with Crippen molar-refractivity contribution in [3.05, 3.63) is 87.3 Å². The monoisotopic (exact) mass is 794 g/mol. The van der Waals surface area contributed by atoms with Crippen LogP contribution >= 0.6 is 11.6 Å². The number of nitrogen functional groups attached to an aromatic ring is 1. The summed E-state index contributed by atoms with van der Waals surface area (Å²) < 4.78 is 89.0. The van der Waals surface area contributed by atoms with E-state index >= 15 is 8.78 Å². The summed E-state index contributed by atoms with van der Waals surface area (Å²) in [5, 5.41) is 21.9. The minimum Gasteiger partial charge on any atom is -0.382 e. The molecule has 3 aromatic heterocycles. The fraction of sp³-hybridized carbons (Fsp3) is 0.297. The van der Waals surface area contributed by atoms with Gasteiger partial charge in [0, 0.05) is 29.8 Å². The molecule has 0 saturated heterocycles. The van der Waals surface area contributed by atoms with Crippen molar-refractivity contribution in [2.75, 3.05) is 16.7 Å². The van der Waals surface area contributed by atoms with Gasteiger partial charge in [0.2, 0.25) is 15.9 Å². The summed E-state index contributed by atoms with van der Waals surface area (Å²) in [6, 6.07) is 7.88. The van der Waals surface area contributed by atoms with Crippen molar-refractivity contribution >= 4 is 50.1 Å². The van der Waals surface area contributed by atoms with Gasteiger partial charge >= 0.3 is 5.92 Å². The van der Waals surface area contributed by atoms with Crippen molar-refractivity contribution in [3.63, 3.8) is 0 Å². The van der Waals surface area contributed by atoms with E-state index in [0.29, 0.717) is 22.7 Å². The van der Waals surface area contributed by atoms with E-state index in [1.54, 1.807) is 25.2 Å². The minimum absolute atomic E-state index is 0.0595. The summed E-state index contributed by atoms with van der Waals surface area (Å²) >= 11 is 6.59. The Morgan fingerprint density at radius 2 is 1.82 bits per heavy atom. The Morgan fingerprint density at radius 3 is 2.45 bits per heavy atom. The Hall–Kier alpha value is -5.62. The minimum atomic E-state index is -3.80. The van der Waals surface area contributed by atoms with Crippen LogP contribution < -0.4 is 15.8 Å². The number of carbonyl (C=O) groups is 1. The normalized spacial score (nSPS) is 17.3. The molecule has 284 valence electrons. The van der Waals surface area contributed by atoms with E-state index in [4.69, 9.17) is 22.3 Å². The molecule has 5 N–H and O–H groups in total. The maximum atomic E-state index is 15.5. The van der Waals surface area contributed by atoms with Gasteiger partial charge in [-0.05, 0) is 62.1 Å². The second-order valence-electron chi connectivity index (χ2n) is 13.9. The SMILES string of the molecule is Cn1nc(NS(C)(=O)=O)c2c(Cl)ccc(-c3ccc(C#CC(C)(C)O)nc3[C@H](Cc3cc(F)cc(F)c3)NC(=O)Cn3nc(N)c4c3C(F)(F)[C@@H]3C#C[C@H]43)c21. The van der Waals surface area contributed by atoms with E-state index in [1.807, 2.05) is 0 Å². The largest absolute Gasteiger partial charge is 0.382 e. The number of amides is 1. The van der Waals surface area contributed by atoms with Gasteiger partial charge < -0.3 is 16.2 Å². The van der Waals surface area contributed by atoms with Crippen LogP contribution in [0, 0.1) is 41.2 Å². The molecule has 3 heterocycles. The van der Waals surface area contributed by atoms with Crippen LogP contribution in [0.25, 0.3) is 22.0 Å². The number of sulfonamides is 1. The number of hydrogen-bond donors (Lipinski definition) is 4. The molecular weight excluding hydrogens is 764 g/mol. The lowest BCUT2D eigenvalue weighted by Crippen LogP contribution is -2.35. The molecule has 1 amide bonds. The Morgan fingerprint density at radius 1 is 1.13 bits per heavy atom. The highest BCUT2D eigenvalue weighted by atomic mass is 35.5. The Labute approximate surface area is 317 Å². The van der Waals surface area contributed by atoms with E-state index in [2.05, 4.69) is 43.9 Å². The van der Waals surface area contributed by atoms with Gasteiger partial charge in [0.05, 0.1) is 39.8 Å². The number of aromatic nitrogens is 5. The second kappa shape index (κ2) is 13.3. The first kappa shape index (κ1) is 37.7. The van der Waals surface area contributed by atoms with Crippen molar-refractivity contribution in [1.82, 2.24) is 29.9 Å². The van der Waals surface area contributed by atoms with Gasteiger partial charge in [-0.2, -0.15) is 19.0 Å². The number of nitrogens with one attached hydrogen (secondary N) is 2. The Balaban J connectivity index is 1.38. The molecule has 0 bridgehead atoms. The van der Waals surface area contributed by atoms with E-state index in [-0.39, 0.29) is 51.0 Å². The zero-order valence-corrected chi connectivity index (χ0v) is 31.0. The van der Waals surface area contributed by atoms with Crippen LogP contribution in [0.15, 0.2) is 42.5 Å². The molecule has 0 saturated carbocycles. The summed E-state index contributed by atoms with van der Waals surface area (Å²) in [4.78, 5) is 18.7.